The monoisotopic (exact) mass is 209 g/mol. The summed E-state index contributed by atoms with van der Waals surface area (Å²) in [6, 6.07) is 5.88. The predicted molar refractivity (Wildman–Crippen MR) is 54.0 cm³/mol. The van der Waals surface area contributed by atoms with E-state index < -0.39 is 0 Å². The van der Waals surface area contributed by atoms with E-state index in [1.165, 1.54) is 12.1 Å². The lowest BCUT2D eigenvalue weighted by atomic mass is 10.0. The summed E-state index contributed by atoms with van der Waals surface area (Å²) in [7, 11) is 0. The number of hydrogen-bond acceptors (Lipinski definition) is 2. The molecule has 1 aromatic carbocycles. The second-order valence-corrected chi connectivity index (χ2v) is 3.67. The first kappa shape index (κ1) is 10.1. The summed E-state index contributed by atoms with van der Waals surface area (Å²) in [5, 5.41) is 2.65. The van der Waals surface area contributed by atoms with Crippen LogP contribution in [0.15, 0.2) is 24.3 Å². The number of anilines is 1. The van der Waals surface area contributed by atoms with Gasteiger partial charge in [0.05, 0.1) is 13.2 Å². The summed E-state index contributed by atoms with van der Waals surface area (Å²) in [6.07, 6.45) is 0.441. The summed E-state index contributed by atoms with van der Waals surface area (Å²) >= 11 is 0. The molecule has 0 spiro atoms. The van der Waals surface area contributed by atoms with Crippen molar-refractivity contribution in [1.82, 2.24) is 0 Å². The van der Waals surface area contributed by atoms with Crippen LogP contribution < -0.4 is 5.32 Å². The zero-order valence-electron chi connectivity index (χ0n) is 8.20. The van der Waals surface area contributed by atoms with Gasteiger partial charge in [0, 0.05) is 18.0 Å². The molecule has 0 aromatic heterocycles. The van der Waals surface area contributed by atoms with Gasteiger partial charge in [-0.1, -0.05) is 6.07 Å². The van der Waals surface area contributed by atoms with Crippen LogP contribution in [-0.2, 0) is 9.53 Å². The second-order valence-electron chi connectivity index (χ2n) is 3.67. The largest absolute Gasteiger partial charge is 0.381 e. The van der Waals surface area contributed by atoms with Crippen molar-refractivity contribution < 1.29 is 13.9 Å². The average Bonchev–Trinajstić information content (AvgIpc) is 2.11. The third-order valence-electron chi connectivity index (χ3n) is 2.29. The molecule has 0 atom stereocenters. The molecule has 1 heterocycles. The van der Waals surface area contributed by atoms with Crippen molar-refractivity contribution in [1.29, 1.82) is 0 Å². The Labute approximate surface area is 87.2 Å². The standard InChI is InChI=1S/C11H12FNO2/c12-9-2-1-3-10(5-9)13-11(14)4-8-6-15-7-8/h1-3,5,8H,4,6-7H2,(H,13,14). The molecule has 1 N–H and O–H groups in total. The highest BCUT2D eigenvalue weighted by atomic mass is 19.1. The molecule has 2 rings (SSSR count). The topological polar surface area (TPSA) is 38.3 Å². The number of rotatable bonds is 3. The van der Waals surface area contributed by atoms with E-state index >= 15 is 0 Å². The third-order valence-corrected chi connectivity index (χ3v) is 2.29. The van der Waals surface area contributed by atoms with Crippen molar-refractivity contribution >= 4 is 11.6 Å². The van der Waals surface area contributed by atoms with Gasteiger partial charge >= 0.3 is 0 Å². The molecule has 1 aromatic rings. The van der Waals surface area contributed by atoms with Crippen LogP contribution in [0.1, 0.15) is 6.42 Å². The van der Waals surface area contributed by atoms with Crippen molar-refractivity contribution in [3.63, 3.8) is 0 Å². The summed E-state index contributed by atoms with van der Waals surface area (Å²) in [5.41, 5.74) is 0.500. The second kappa shape index (κ2) is 4.40. The van der Waals surface area contributed by atoms with Gasteiger partial charge in [-0.3, -0.25) is 4.79 Å². The van der Waals surface area contributed by atoms with Gasteiger partial charge in [-0.25, -0.2) is 4.39 Å². The molecule has 0 saturated carbocycles. The SMILES string of the molecule is O=C(CC1COC1)Nc1cccc(F)c1. The maximum atomic E-state index is 12.8. The fraction of sp³-hybridized carbons (Fsp3) is 0.364. The minimum Gasteiger partial charge on any atom is -0.381 e. The lowest BCUT2D eigenvalue weighted by Crippen LogP contribution is -2.31. The van der Waals surface area contributed by atoms with E-state index in [-0.39, 0.29) is 11.7 Å². The number of carbonyl (C=O) groups excluding carboxylic acids is 1. The first-order chi connectivity index (χ1) is 7.24. The first-order valence-corrected chi connectivity index (χ1v) is 4.87. The first-order valence-electron chi connectivity index (χ1n) is 4.87. The summed E-state index contributed by atoms with van der Waals surface area (Å²) in [4.78, 5) is 11.4. The molecule has 0 aliphatic carbocycles. The van der Waals surface area contributed by atoms with E-state index in [9.17, 15) is 9.18 Å². The van der Waals surface area contributed by atoms with Gasteiger partial charge < -0.3 is 10.1 Å². The van der Waals surface area contributed by atoms with Crippen LogP contribution in [0, 0.1) is 11.7 Å². The Bertz CT molecular complexity index is 363. The van der Waals surface area contributed by atoms with Crippen molar-refractivity contribution in [2.24, 2.45) is 5.92 Å². The Balaban J connectivity index is 1.87. The maximum absolute atomic E-state index is 12.8. The molecule has 1 aliphatic heterocycles. The molecule has 1 saturated heterocycles. The van der Waals surface area contributed by atoms with Crippen LogP contribution in [0.25, 0.3) is 0 Å². The molecular formula is C11H12FNO2. The van der Waals surface area contributed by atoms with E-state index in [1.54, 1.807) is 12.1 Å². The zero-order valence-corrected chi connectivity index (χ0v) is 8.20. The van der Waals surface area contributed by atoms with E-state index in [1.807, 2.05) is 0 Å². The van der Waals surface area contributed by atoms with Crippen LogP contribution in [0.2, 0.25) is 0 Å². The predicted octanol–water partition coefficient (Wildman–Crippen LogP) is 1.80. The van der Waals surface area contributed by atoms with E-state index in [4.69, 9.17) is 4.74 Å². The molecule has 1 aliphatic rings. The van der Waals surface area contributed by atoms with E-state index in [0.717, 1.165) is 0 Å². The number of benzene rings is 1. The number of carbonyl (C=O) groups is 1. The average molecular weight is 209 g/mol. The lowest BCUT2D eigenvalue weighted by Gasteiger charge is -2.25. The molecule has 0 unspecified atom stereocenters. The smallest absolute Gasteiger partial charge is 0.224 e. The molecular weight excluding hydrogens is 197 g/mol. The fourth-order valence-electron chi connectivity index (χ4n) is 1.44. The minimum absolute atomic E-state index is 0.0890. The van der Waals surface area contributed by atoms with Crippen molar-refractivity contribution in [3.05, 3.63) is 30.1 Å². The number of ether oxygens (including phenoxy) is 1. The minimum atomic E-state index is -0.347. The van der Waals surface area contributed by atoms with Gasteiger partial charge in [0.25, 0.3) is 0 Å². The Morgan fingerprint density at radius 3 is 2.93 bits per heavy atom. The molecule has 1 fully saturated rings. The van der Waals surface area contributed by atoms with Crippen LogP contribution >= 0.6 is 0 Å². The molecule has 3 nitrogen and oxygen atoms in total. The number of halogens is 1. The highest BCUT2D eigenvalue weighted by molar-refractivity contribution is 5.90. The van der Waals surface area contributed by atoms with Crippen LogP contribution in [0.5, 0.6) is 0 Å². The Morgan fingerprint density at radius 2 is 2.33 bits per heavy atom. The Kier molecular flexibility index (Phi) is 2.97. The quantitative estimate of drug-likeness (QED) is 0.824. The van der Waals surface area contributed by atoms with Gasteiger partial charge in [0.1, 0.15) is 5.82 Å². The summed E-state index contributed by atoms with van der Waals surface area (Å²) in [5.74, 6) is -0.118. The van der Waals surface area contributed by atoms with Gasteiger partial charge in [-0.05, 0) is 18.2 Å². The van der Waals surface area contributed by atoms with Gasteiger partial charge in [0.15, 0.2) is 0 Å². The van der Waals surface area contributed by atoms with Gasteiger partial charge in [0.2, 0.25) is 5.91 Å². The zero-order chi connectivity index (χ0) is 10.7. The Morgan fingerprint density at radius 1 is 1.53 bits per heavy atom. The molecule has 80 valence electrons. The normalized spacial score (nSPS) is 15.8. The Hall–Kier alpha value is -1.42. The number of amides is 1. The molecule has 0 radical (unpaired) electrons. The lowest BCUT2D eigenvalue weighted by molar-refractivity contribution is -0.121. The number of nitrogens with one attached hydrogen (secondary N) is 1. The highest BCUT2D eigenvalue weighted by Gasteiger charge is 2.21. The highest BCUT2D eigenvalue weighted by Crippen LogP contribution is 2.16. The maximum Gasteiger partial charge on any atom is 0.224 e. The van der Waals surface area contributed by atoms with Crippen molar-refractivity contribution in [2.75, 3.05) is 18.5 Å². The van der Waals surface area contributed by atoms with Crippen LogP contribution in [-0.4, -0.2) is 19.1 Å². The van der Waals surface area contributed by atoms with Gasteiger partial charge in [-0.15, -0.1) is 0 Å². The fourth-order valence-corrected chi connectivity index (χ4v) is 1.44. The van der Waals surface area contributed by atoms with Crippen molar-refractivity contribution in [2.45, 2.75) is 6.42 Å². The summed E-state index contributed by atoms with van der Waals surface area (Å²) in [6.45, 7) is 1.30. The number of hydrogen-bond donors (Lipinski definition) is 1. The molecule has 4 heteroatoms. The van der Waals surface area contributed by atoms with Crippen molar-refractivity contribution in [3.8, 4) is 0 Å². The van der Waals surface area contributed by atoms with E-state index in [0.29, 0.717) is 31.2 Å². The van der Waals surface area contributed by atoms with Crippen LogP contribution in [0.3, 0.4) is 0 Å². The van der Waals surface area contributed by atoms with E-state index in [2.05, 4.69) is 5.32 Å². The molecule has 0 bridgehead atoms. The molecule has 1 amide bonds. The third kappa shape index (κ3) is 2.76. The van der Waals surface area contributed by atoms with Crippen LogP contribution in [0.4, 0.5) is 10.1 Å². The summed E-state index contributed by atoms with van der Waals surface area (Å²) < 4.78 is 17.8. The molecule has 15 heavy (non-hydrogen) atoms. The van der Waals surface area contributed by atoms with Gasteiger partial charge in [-0.2, -0.15) is 0 Å².